The zero-order chi connectivity index (χ0) is 11.6. The van der Waals surface area contributed by atoms with E-state index >= 15 is 0 Å². The number of rotatable bonds is 2. The molecule has 1 unspecified atom stereocenters. The molecule has 0 heterocycles. The molecule has 15 heavy (non-hydrogen) atoms. The summed E-state index contributed by atoms with van der Waals surface area (Å²) in [5.74, 6) is 0. The Hall–Kier alpha value is -0.820. The van der Waals surface area contributed by atoms with Gasteiger partial charge < -0.3 is 5.11 Å². The minimum atomic E-state index is -0.320. The first-order chi connectivity index (χ1) is 6.86. The van der Waals surface area contributed by atoms with Crippen LogP contribution in [0, 0.1) is 6.92 Å². The summed E-state index contributed by atoms with van der Waals surface area (Å²) < 4.78 is 0. The molecule has 0 saturated heterocycles. The zero-order valence-electron chi connectivity index (χ0n) is 10.5. The number of aliphatic hydroxyl groups excluding tert-OH is 1. The lowest BCUT2D eigenvalue weighted by Crippen LogP contribution is -2.12. The molecule has 0 bridgehead atoms. The number of benzene rings is 1. The summed E-state index contributed by atoms with van der Waals surface area (Å²) in [5.41, 5.74) is 3.76. The van der Waals surface area contributed by atoms with Crippen molar-refractivity contribution in [2.24, 2.45) is 0 Å². The molecule has 0 aliphatic heterocycles. The van der Waals surface area contributed by atoms with Crippen molar-refractivity contribution in [1.29, 1.82) is 0 Å². The highest BCUT2D eigenvalue weighted by atomic mass is 16.3. The zero-order valence-corrected chi connectivity index (χ0v) is 10.5. The van der Waals surface area contributed by atoms with Crippen molar-refractivity contribution < 1.29 is 5.11 Å². The normalized spacial score (nSPS) is 14.0. The summed E-state index contributed by atoms with van der Waals surface area (Å²) in [5, 5.41) is 9.80. The smallest absolute Gasteiger partial charge is 0.0790 e. The summed E-state index contributed by atoms with van der Waals surface area (Å²) >= 11 is 0. The van der Waals surface area contributed by atoms with E-state index < -0.39 is 0 Å². The molecule has 1 heteroatoms. The molecule has 0 aromatic heterocycles. The second-order valence-electron chi connectivity index (χ2n) is 5.25. The van der Waals surface area contributed by atoms with Crippen LogP contribution in [-0.4, -0.2) is 5.11 Å². The molecule has 0 aliphatic carbocycles. The third-order valence-corrected chi connectivity index (χ3v) is 2.88. The van der Waals surface area contributed by atoms with E-state index in [2.05, 4.69) is 45.9 Å². The van der Waals surface area contributed by atoms with Crippen molar-refractivity contribution in [3.05, 3.63) is 34.9 Å². The Kier molecular flexibility index (Phi) is 3.56. The standard InChI is InChI=1S/C14H22O/c1-6-13(15)12-8-7-11(9-10(12)2)14(3,4)5/h7-9,13,15H,6H2,1-5H3. The first kappa shape index (κ1) is 12.3. The Morgan fingerprint density at radius 1 is 1.27 bits per heavy atom. The van der Waals surface area contributed by atoms with Crippen LogP contribution >= 0.6 is 0 Å². The largest absolute Gasteiger partial charge is 0.388 e. The van der Waals surface area contributed by atoms with Crippen LogP contribution in [0.4, 0.5) is 0 Å². The van der Waals surface area contributed by atoms with Crippen LogP contribution in [0.15, 0.2) is 18.2 Å². The quantitative estimate of drug-likeness (QED) is 0.781. The second-order valence-corrected chi connectivity index (χ2v) is 5.25. The lowest BCUT2D eigenvalue weighted by Gasteiger charge is -2.21. The van der Waals surface area contributed by atoms with Crippen molar-refractivity contribution >= 4 is 0 Å². The molecule has 0 saturated carbocycles. The van der Waals surface area contributed by atoms with Crippen LogP contribution in [0.1, 0.15) is 56.9 Å². The van der Waals surface area contributed by atoms with E-state index in [4.69, 9.17) is 0 Å². The first-order valence-corrected chi connectivity index (χ1v) is 5.65. The van der Waals surface area contributed by atoms with Gasteiger partial charge in [-0.3, -0.25) is 0 Å². The molecule has 0 radical (unpaired) electrons. The van der Waals surface area contributed by atoms with Crippen molar-refractivity contribution in [3.63, 3.8) is 0 Å². The average Bonchev–Trinajstić information content (AvgIpc) is 2.15. The maximum atomic E-state index is 9.80. The summed E-state index contributed by atoms with van der Waals surface area (Å²) in [6.07, 6.45) is 0.453. The molecule has 0 fully saturated rings. The predicted molar refractivity (Wildman–Crippen MR) is 65.1 cm³/mol. The van der Waals surface area contributed by atoms with E-state index in [0.29, 0.717) is 0 Å². The summed E-state index contributed by atoms with van der Waals surface area (Å²) in [6.45, 7) is 10.7. The van der Waals surface area contributed by atoms with Gasteiger partial charge in [-0.15, -0.1) is 0 Å². The second kappa shape index (κ2) is 4.36. The lowest BCUT2D eigenvalue weighted by atomic mass is 9.84. The maximum Gasteiger partial charge on any atom is 0.0790 e. The molecule has 84 valence electrons. The number of aliphatic hydroxyl groups is 1. The molecule has 0 amide bonds. The Balaban J connectivity index is 3.09. The number of hydrogen-bond donors (Lipinski definition) is 1. The van der Waals surface area contributed by atoms with Crippen LogP contribution in [-0.2, 0) is 5.41 Å². The highest BCUT2D eigenvalue weighted by Crippen LogP contribution is 2.27. The molecule has 1 aromatic carbocycles. The molecule has 1 atom stereocenters. The Morgan fingerprint density at radius 2 is 1.87 bits per heavy atom. The third-order valence-electron chi connectivity index (χ3n) is 2.88. The van der Waals surface area contributed by atoms with Crippen molar-refractivity contribution in [1.82, 2.24) is 0 Å². The van der Waals surface area contributed by atoms with Gasteiger partial charge in [0.2, 0.25) is 0 Å². The SMILES string of the molecule is CCC(O)c1ccc(C(C)(C)C)cc1C. The first-order valence-electron chi connectivity index (χ1n) is 5.65. The average molecular weight is 206 g/mol. The molecule has 0 aliphatic rings. The molecule has 0 spiro atoms. The van der Waals surface area contributed by atoms with Crippen LogP contribution in [0.3, 0.4) is 0 Å². The fourth-order valence-corrected chi connectivity index (χ4v) is 1.74. The molecule has 1 aromatic rings. The fraction of sp³-hybridized carbons (Fsp3) is 0.571. The highest BCUT2D eigenvalue weighted by Gasteiger charge is 2.15. The van der Waals surface area contributed by atoms with E-state index in [1.54, 1.807) is 0 Å². The van der Waals surface area contributed by atoms with Crippen LogP contribution in [0.2, 0.25) is 0 Å². The van der Waals surface area contributed by atoms with Crippen LogP contribution in [0.25, 0.3) is 0 Å². The molecule has 1 rings (SSSR count). The van der Waals surface area contributed by atoms with E-state index in [1.807, 2.05) is 6.92 Å². The van der Waals surface area contributed by atoms with E-state index in [-0.39, 0.29) is 11.5 Å². The van der Waals surface area contributed by atoms with Gasteiger partial charge in [0.1, 0.15) is 0 Å². The van der Waals surface area contributed by atoms with Crippen LogP contribution in [0.5, 0.6) is 0 Å². The predicted octanol–water partition coefficient (Wildman–Crippen LogP) is 3.74. The van der Waals surface area contributed by atoms with Gasteiger partial charge in [-0.25, -0.2) is 0 Å². The summed E-state index contributed by atoms with van der Waals surface area (Å²) in [4.78, 5) is 0. The van der Waals surface area contributed by atoms with Gasteiger partial charge in [0.25, 0.3) is 0 Å². The van der Waals surface area contributed by atoms with Gasteiger partial charge in [-0.2, -0.15) is 0 Å². The molecule has 1 nitrogen and oxygen atoms in total. The number of aryl methyl sites for hydroxylation is 1. The van der Waals surface area contributed by atoms with Crippen molar-refractivity contribution in [3.8, 4) is 0 Å². The van der Waals surface area contributed by atoms with Crippen LogP contribution < -0.4 is 0 Å². The van der Waals surface area contributed by atoms with Gasteiger partial charge >= 0.3 is 0 Å². The van der Waals surface area contributed by atoms with Crippen molar-refractivity contribution in [2.45, 2.75) is 52.6 Å². The minimum absolute atomic E-state index is 0.181. The fourth-order valence-electron chi connectivity index (χ4n) is 1.74. The lowest BCUT2D eigenvalue weighted by molar-refractivity contribution is 0.173. The molecule has 1 N–H and O–H groups in total. The topological polar surface area (TPSA) is 20.2 Å². The number of hydrogen-bond acceptors (Lipinski definition) is 1. The van der Waals surface area contributed by atoms with Gasteiger partial charge in [0, 0.05) is 0 Å². The Morgan fingerprint density at radius 3 is 2.27 bits per heavy atom. The minimum Gasteiger partial charge on any atom is -0.388 e. The van der Waals surface area contributed by atoms with E-state index in [0.717, 1.165) is 12.0 Å². The monoisotopic (exact) mass is 206 g/mol. The summed E-state index contributed by atoms with van der Waals surface area (Å²) in [6, 6.07) is 6.37. The van der Waals surface area contributed by atoms with Gasteiger partial charge in [0.05, 0.1) is 6.10 Å². The van der Waals surface area contributed by atoms with Gasteiger partial charge in [-0.05, 0) is 35.4 Å². The highest BCUT2D eigenvalue weighted by molar-refractivity contribution is 5.35. The van der Waals surface area contributed by atoms with Gasteiger partial charge in [0.15, 0.2) is 0 Å². The molecular weight excluding hydrogens is 184 g/mol. The maximum absolute atomic E-state index is 9.80. The Bertz CT molecular complexity index is 334. The van der Waals surface area contributed by atoms with Crippen molar-refractivity contribution in [2.75, 3.05) is 0 Å². The van der Waals surface area contributed by atoms with E-state index in [1.165, 1.54) is 11.1 Å². The van der Waals surface area contributed by atoms with E-state index in [9.17, 15) is 5.11 Å². The van der Waals surface area contributed by atoms with Gasteiger partial charge in [-0.1, -0.05) is 45.9 Å². The third kappa shape index (κ3) is 2.82. The molecular formula is C14H22O. The summed E-state index contributed by atoms with van der Waals surface area (Å²) in [7, 11) is 0. The Labute approximate surface area is 93.1 Å².